The van der Waals surface area contributed by atoms with Gasteiger partial charge >= 0.3 is 0 Å². The summed E-state index contributed by atoms with van der Waals surface area (Å²) in [5.41, 5.74) is 0. The van der Waals surface area contributed by atoms with Gasteiger partial charge in [0.05, 0.1) is 0 Å². The Bertz CT molecular complexity index is 234. The molecular formula is C13H24N2S. The highest BCUT2D eigenvalue weighted by Crippen LogP contribution is 2.35. The maximum absolute atomic E-state index is 3.74. The fourth-order valence-corrected chi connectivity index (χ4v) is 4.36. The maximum Gasteiger partial charge on any atom is 0.0224 e. The molecule has 2 aliphatic heterocycles. The van der Waals surface area contributed by atoms with E-state index in [2.05, 4.69) is 28.9 Å². The average Bonchev–Trinajstić information content (AvgIpc) is 3.01. The zero-order chi connectivity index (χ0) is 11.0. The minimum atomic E-state index is 0.746. The summed E-state index contributed by atoms with van der Waals surface area (Å²) >= 11 is 2.20. The van der Waals surface area contributed by atoms with Gasteiger partial charge in [0.25, 0.3) is 0 Å². The highest BCUT2D eigenvalue weighted by molar-refractivity contribution is 8.00. The Morgan fingerprint density at radius 2 is 2.19 bits per heavy atom. The van der Waals surface area contributed by atoms with E-state index in [4.69, 9.17) is 0 Å². The van der Waals surface area contributed by atoms with E-state index in [-0.39, 0.29) is 0 Å². The van der Waals surface area contributed by atoms with Gasteiger partial charge in [0.2, 0.25) is 0 Å². The van der Waals surface area contributed by atoms with Crippen LogP contribution in [0.4, 0.5) is 0 Å². The van der Waals surface area contributed by atoms with E-state index in [0.29, 0.717) is 0 Å². The molecule has 0 radical (unpaired) electrons. The number of rotatable bonds is 3. The van der Waals surface area contributed by atoms with Crippen molar-refractivity contribution in [1.82, 2.24) is 10.2 Å². The third-order valence-electron chi connectivity index (χ3n) is 4.38. The van der Waals surface area contributed by atoms with Gasteiger partial charge in [-0.15, -0.1) is 0 Å². The highest BCUT2D eigenvalue weighted by atomic mass is 32.2. The van der Waals surface area contributed by atoms with Crippen molar-refractivity contribution < 1.29 is 0 Å². The first kappa shape index (κ1) is 11.4. The predicted octanol–water partition coefficient (Wildman–Crippen LogP) is 1.95. The molecule has 3 unspecified atom stereocenters. The van der Waals surface area contributed by atoms with Crippen molar-refractivity contribution in [3.05, 3.63) is 0 Å². The first-order chi connectivity index (χ1) is 7.83. The Labute approximate surface area is 104 Å². The third-order valence-corrected chi connectivity index (χ3v) is 5.76. The summed E-state index contributed by atoms with van der Waals surface area (Å²) in [5.74, 6) is 2.41. The quantitative estimate of drug-likeness (QED) is 0.812. The average molecular weight is 240 g/mol. The van der Waals surface area contributed by atoms with Crippen LogP contribution in [0.5, 0.6) is 0 Å². The predicted molar refractivity (Wildman–Crippen MR) is 71.0 cm³/mol. The van der Waals surface area contributed by atoms with Crippen LogP contribution in [0.25, 0.3) is 0 Å². The van der Waals surface area contributed by atoms with E-state index in [9.17, 15) is 0 Å². The van der Waals surface area contributed by atoms with E-state index >= 15 is 0 Å². The van der Waals surface area contributed by atoms with Crippen molar-refractivity contribution >= 4 is 11.8 Å². The molecule has 1 saturated carbocycles. The third kappa shape index (κ3) is 2.57. The summed E-state index contributed by atoms with van der Waals surface area (Å²) in [4.78, 5) is 2.75. The van der Waals surface area contributed by atoms with E-state index in [1.165, 1.54) is 51.1 Å². The van der Waals surface area contributed by atoms with Gasteiger partial charge in [-0.3, -0.25) is 4.90 Å². The first-order valence-electron chi connectivity index (χ1n) is 6.92. The largest absolute Gasteiger partial charge is 0.311 e. The second-order valence-corrected chi connectivity index (χ2v) is 7.20. The topological polar surface area (TPSA) is 15.3 Å². The molecule has 1 N–H and O–H groups in total. The van der Waals surface area contributed by atoms with Gasteiger partial charge in [-0.05, 0) is 44.3 Å². The molecule has 0 amide bonds. The summed E-state index contributed by atoms with van der Waals surface area (Å²) in [6, 6.07) is 1.55. The van der Waals surface area contributed by atoms with Crippen molar-refractivity contribution in [3.8, 4) is 0 Å². The zero-order valence-corrected chi connectivity index (χ0v) is 11.1. The molecule has 0 spiro atoms. The van der Waals surface area contributed by atoms with Crippen molar-refractivity contribution in [2.75, 3.05) is 25.4 Å². The van der Waals surface area contributed by atoms with Crippen LogP contribution < -0.4 is 5.32 Å². The summed E-state index contributed by atoms with van der Waals surface area (Å²) in [7, 11) is 0. The van der Waals surface area contributed by atoms with Crippen molar-refractivity contribution in [2.45, 2.75) is 49.9 Å². The Kier molecular flexibility index (Phi) is 3.46. The van der Waals surface area contributed by atoms with Crippen molar-refractivity contribution in [1.29, 1.82) is 0 Å². The number of piperazine rings is 1. The van der Waals surface area contributed by atoms with Gasteiger partial charge in [-0.2, -0.15) is 11.8 Å². The molecule has 92 valence electrons. The standard InChI is InChI=1S/C13H24N2S/c1-10-7-14-13(11-4-5-11)9-15(10)8-12-3-2-6-16-12/h10-14H,2-9H2,1H3. The summed E-state index contributed by atoms with van der Waals surface area (Å²) in [6.45, 7) is 6.24. The minimum Gasteiger partial charge on any atom is -0.311 e. The molecule has 3 fully saturated rings. The Morgan fingerprint density at radius 1 is 1.31 bits per heavy atom. The molecule has 2 nitrogen and oxygen atoms in total. The number of nitrogens with zero attached hydrogens (tertiary/aromatic N) is 1. The van der Waals surface area contributed by atoms with Crippen LogP contribution in [0.3, 0.4) is 0 Å². The van der Waals surface area contributed by atoms with Crippen LogP contribution in [0.2, 0.25) is 0 Å². The van der Waals surface area contributed by atoms with Crippen molar-refractivity contribution in [3.63, 3.8) is 0 Å². The molecule has 2 heterocycles. The molecule has 2 saturated heterocycles. The van der Waals surface area contributed by atoms with E-state index in [1.54, 1.807) is 0 Å². The normalized spacial score (nSPS) is 41.4. The van der Waals surface area contributed by atoms with Gasteiger partial charge in [0.1, 0.15) is 0 Å². The van der Waals surface area contributed by atoms with Crippen LogP contribution >= 0.6 is 11.8 Å². The van der Waals surface area contributed by atoms with Gasteiger partial charge < -0.3 is 5.32 Å². The van der Waals surface area contributed by atoms with Gasteiger partial charge in [-0.1, -0.05) is 0 Å². The number of nitrogens with one attached hydrogen (secondary N) is 1. The molecule has 0 aromatic rings. The Hall–Kier alpha value is 0.270. The van der Waals surface area contributed by atoms with E-state index in [0.717, 1.165) is 23.3 Å². The zero-order valence-electron chi connectivity index (χ0n) is 10.3. The van der Waals surface area contributed by atoms with Gasteiger partial charge in [-0.25, -0.2) is 0 Å². The second kappa shape index (κ2) is 4.87. The van der Waals surface area contributed by atoms with Crippen LogP contribution in [-0.4, -0.2) is 47.6 Å². The lowest BCUT2D eigenvalue weighted by Gasteiger charge is -2.40. The monoisotopic (exact) mass is 240 g/mol. The molecule has 16 heavy (non-hydrogen) atoms. The Morgan fingerprint density at radius 3 is 2.88 bits per heavy atom. The first-order valence-corrected chi connectivity index (χ1v) is 7.97. The molecule has 3 atom stereocenters. The molecule has 3 rings (SSSR count). The smallest absolute Gasteiger partial charge is 0.0224 e. The van der Waals surface area contributed by atoms with Crippen molar-refractivity contribution in [2.24, 2.45) is 5.92 Å². The van der Waals surface area contributed by atoms with Crippen LogP contribution in [0.1, 0.15) is 32.6 Å². The molecule has 3 aliphatic rings. The van der Waals surface area contributed by atoms with Gasteiger partial charge in [0, 0.05) is 37.0 Å². The fourth-order valence-electron chi connectivity index (χ4n) is 3.07. The number of hydrogen-bond acceptors (Lipinski definition) is 3. The van der Waals surface area contributed by atoms with Gasteiger partial charge in [0.15, 0.2) is 0 Å². The molecule has 1 aliphatic carbocycles. The van der Waals surface area contributed by atoms with E-state index < -0.39 is 0 Å². The minimum absolute atomic E-state index is 0.746. The maximum atomic E-state index is 3.74. The summed E-state index contributed by atoms with van der Waals surface area (Å²) in [6.07, 6.45) is 5.84. The summed E-state index contributed by atoms with van der Waals surface area (Å²) in [5, 5.41) is 4.67. The SMILES string of the molecule is CC1CNC(C2CC2)CN1CC1CCCS1. The van der Waals surface area contributed by atoms with Crippen LogP contribution in [0.15, 0.2) is 0 Å². The van der Waals surface area contributed by atoms with Crippen LogP contribution in [-0.2, 0) is 0 Å². The lowest BCUT2D eigenvalue weighted by molar-refractivity contribution is 0.133. The van der Waals surface area contributed by atoms with E-state index in [1.807, 2.05) is 0 Å². The molecule has 3 heteroatoms. The fraction of sp³-hybridized carbons (Fsp3) is 1.00. The highest BCUT2D eigenvalue weighted by Gasteiger charge is 2.36. The van der Waals surface area contributed by atoms with Crippen LogP contribution in [0, 0.1) is 5.92 Å². The lowest BCUT2D eigenvalue weighted by Crippen LogP contribution is -2.57. The number of hydrogen-bond donors (Lipinski definition) is 1. The molecule has 0 aromatic heterocycles. The number of thioether (sulfide) groups is 1. The second-order valence-electron chi connectivity index (χ2n) is 5.79. The lowest BCUT2D eigenvalue weighted by atomic mass is 10.1. The molecule has 0 bridgehead atoms. The Balaban J connectivity index is 1.53. The molecule has 0 aromatic carbocycles. The molecular weight excluding hydrogens is 216 g/mol. The summed E-state index contributed by atoms with van der Waals surface area (Å²) < 4.78 is 0.